The van der Waals surface area contributed by atoms with Gasteiger partial charge in [0.2, 0.25) is 0 Å². The minimum absolute atomic E-state index is 0.557. The van der Waals surface area contributed by atoms with Gasteiger partial charge in [0.25, 0.3) is 0 Å². The Morgan fingerprint density at radius 3 is 2.10 bits per heavy atom. The summed E-state index contributed by atoms with van der Waals surface area (Å²) in [6.07, 6.45) is 0. The molecular weight excluding hydrogens is 306 g/mol. The molecule has 0 bridgehead atoms. The van der Waals surface area contributed by atoms with E-state index >= 15 is 0 Å². The van der Waals surface area contributed by atoms with Crippen molar-refractivity contribution in [1.82, 2.24) is 0 Å². The minimum atomic E-state index is -3.63. The van der Waals surface area contributed by atoms with Gasteiger partial charge in [-0.2, -0.15) is 0 Å². The Labute approximate surface area is 72.8 Å². The molecule has 54 valence electrons. The van der Waals surface area contributed by atoms with Gasteiger partial charge in [0.15, 0.2) is 0 Å². The summed E-state index contributed by atoms with van der Waals surface area (Å²) in [6.45, 7) is 0. The van der Waals surface area contributed by atoms with Crippen LogP contribution in [0.5, 0.6) is 0 Å². The first-order valence-corrected chi connectivity index (χ1v) is 11.0. The van der Waals surface area contributed by atoms with Crippen LogP contribution in [0.2, 0.25) is 0 Å². The Balaban J connectivity index is 3.09. The molecule has 10 heavy (non-hydrogen) atoms. The fraction of sp³-hybridized carbons (Fsp3) is 0. The zero-order valence-electron chi connectivity index (χ0n) is 5.07. The van der Waals surface area contributed by atoms with Crippen molar-refractivity contribution in [2.24, 2.45) is 0 Å². The fourth-order valence-corrected chi connectivity index (χ4v) is 3.42. The zero-order chi connectivity index (χ0) is 7.61. The third-order valence-corrected chi connectivity index (χ3v) is 5.93. The molecule has 1 aromatic rings. The number of hydrogen-bond donors (Lipinski definition) is 1. The van der Waals surface area contributed by atoms with Gasteiger partial charge in [0, 0.05) is 0 Å². The first kappa shape index (κ1) is 8.37. The van der Waals surface area contributed by atoms with Crippen molar-refractivity contribution < 1.29 is 7.84 Å². The molecule has 1 atom stereocenters. The van der Waals surface area contributed by atoms with Crippen molar-refractivity contribution >= 4 is 35.0 Å². The van der Waals surface area contributed by atoms with Crippen molar-refractivity contribution in [2.45, 2.75) is 0 Å². The van der Waals surface area contributed by atoms with E-state index in [1.54, 1.807) is 44.4 Å². The molecule has 0 aromatic heterocycles. The van der Waals surface area contributed by atoms with Gasteiger partial charge < -0.3 is 0 Å². The first-order chi connectivity index (χ1) is 4.61. The molecule has 0 spiro atoms. The van der Waals surface area contributed by atoms with Crippen LogP contribution in [-0.4, -0.2) is 14.6 Å². The van der Waals surface area contributed by atoms with Gasteiger partial charge in [-0.3, -0.25) is 0 Å². The Morgan fingerprint density at radius 2 is 1.80 bits per heavy atom. The van der Waals surface area contributed by atoms with E-state index in [1.807, 2.05) is 6.07 Å². The van der Waals surface area contributed by atoms with Gasteiger partial charge in [-0.15, -0.1) is 0 Å². The van der Waals surface area contributed by atoms with Crippen LogP contribution in [0, 0.1) is 0 Å². The summed E-state index contributed by atoms with van der Waals surface area (Å²) in [5.41, 5.74) is 0. The van der Waals surface area contributed by atoms with E-state index in [9.17, 15) is 3.74 Å². The van der Waals surface area contributed by atoms with Crippen LogP contribution in [0.4, 0.5) is 0 Å². The maximum atomic E-state index is 11.0. The molecule has 0 saturated heterocycles. The monoisotopic (exact) mass is 312 g/mol. The predicted octanol–water partition coefficient (Wildman–Crippen LogP) is 0.690. The molecule has 1 aromatic carbocycles. The standard InChI is InChI=1S/C6H6AsIO2/c8-7(9,10)6-4-2-1-3-5-6/h1-5H,(H,9,10). The summed E-state index contributed by atoms with van der Waals surface area (Å²) in [5, 5.41) is 0. The van der Waals surface area contributed by atoms with Crippen molar-refractivity contribution in [1.29, 1.82) is 0 Å². The van der Waals surface area contributed by atoms with E-state index in [4.69, 9.17) is 4.10 Å². The third-order valence-electron chi connectivity index (χ3n) is 1.07. The molecule has 0 saturated carbocycles. The summed E-state index contributed by atoms with van der Waals surface area (Å²) in [4.78, 5) is 0. The van der Waals surface area contributed by atoms with Crippen molar-refractivity contribution in [2.75, 3.05) is 0 Å². The van der Waals surface area contributed by atoms with Gasteiger partial charge in [0.1, 0.15) is 0 Å². The van der Waals surface area contributed by atoms with E-state index in [0.29, 0.717) is 4.35 Å². The summed E-state index contributed by atoms with van der Waals surface area (Å²) >= 11 is 1.61. The molecule has 4 heteroatoms. The molecular formula is C6H6AsIO2. The topological polar surface area (TPSA) is 37.3 Å². The molecule has 0 fully saturated rings. The fourth-order valence-electron chi connectivity index (χ4n) is 0.612. The van der Waals surface area contributed by atoms with E-state index < -0.39 is 10.5 Å². The predicted molar refractivity (Wildman–Crippen MR) is 48.8 cm³/mol. The molecule has 0 aliphatic carbocycles. The van der Waals surface area contributed by atoms with E-state index in [2.05, 4.69) is 0 Å². The molecule has 0 amide bonds. The van der Waals surface area contributed by atoms with Gasteiger partial charge in [0.05, 0.1) is 0 Å². The van der Waals surface area contributed by atoms with Crippen LogP contribution < -0.4 is 4.35 Å². The number of rotatable bonds is 1. The van der Waals surface area contributed by atoms with Gasteiger partial charge in [-0.25, -0.2) is 0 Å². The van der Waals surface area contributed by atoms with E-state index in [-0.39, 0.29) is 0 Å². The first-order valence-electron chi connectivity index (χ1n) is 2.69. The molecule has 0 radical (unpaired) electrons. The Bertz CT molecular complexity index is 254. The van der Waals surface area contributed by atoms with Crippen molar-refractivity contribution in [3.05, 3.63) is 30.3 Å². The average molecular weight is 312 g/mol. The summed E-state index contributed by atoms with van der Waals surface area (Å²) < 4.78 is 20.7. The summed E-state index contributed by atoms with van der Waals surface area (Å²) in [6, 6.07) is 8.70. The zero-order valence-corrected chi connectivity index (χ0v) is 9.10. The van der Waals surface area contributed by atoms with Crippen LogP contribution in [0.25, 0.3) is 0 Å². The maximum absolute atomic E-state index is 11.0. The van der Waals surface area contributed by atoms with E-state index in [1.165, 1.54) is 0 Å². The Hall–Kier alpha value is 0.268. The molecule has 0 aliphatic heterocycles. The quantitative estimate of drug-likeness (QED) is 0.612. The average Bonchev–Trinajstić information content (AvgIpc) is 1.88. The van der Waals surface area contributed by atoms with Gasteiger partial charge in [-0.1, -0.05) is 0 Å². The molecule has 1 N–H and O–H groups in total. The van der Waals surface area contributed by atoms with Crippen LogP contribution in [-0.2, 0) is 3.74 Å². The van der Waals surface area contributed by atoms with Gasteiger partial charge in [-0.05, 0) is 0 Å². The van der Waals surface area contributed by atoms with Crippen LogP contribution in [0.3, 0.4) is 0 Å². The van der Waals surface area contributed by atoms with Crippen LogP contribution in [0.1, 0.15) is 0 Å². The number of halogens is 1. The molecule has 1 rings (SSSR count). The van der Waals surface area contributed by atoms with Crippen molar-refractivity contribution in [3.8, 4) is 0 Å². The SMILES string of the molecule is O=[As](O)(I)c1ccccc1. The Morgan fingerprint density at radius 1 is 1.30 bits per heavy atom. The van der Waals surface area contributed by atoms with Crippen molar-refractivity contribution in [3.63, 3.8) is 0 Å². The normalized spacial score (nSPS) is 16.2. The summed E-state index contributed by atoms with van der Waals surface area (Å²) in [5.74, 6) is 0. The van der Waals surface area contributed by atoms with Crippen LogP contribution >= 0.6 is 20.1 Å². The number of benzene rings is 1. The second-order valence-corrected chi connectivity index (χ2v) is 11.8. The molecule has 1 unspecified atom stereocenters. The number of hydrogen-bond acceptors (Lipinski definition) is 1. The van der Waals surface area contributed by atoms with E-state index in [0.717, 1.165) is 0 Å². The second kappa shape index (κ2) is 3.11. The van der Waals surface area contributed by atoms with Crippen LogP contribution in [0.15, 0.2) is 30.3 Å². The third kappa shape index (κ3) is 2.15. The summed E-state index contributed by atoms with van der Waals surface area (Å²) in [7, 11) is -3.63. The molecule has 0 aliphatic rings. The Kier molecular flexibility index (Phi) is 2.60. The van der Waals surface area contributed by atoms with Gasteiger partial charge >= 0.3 is 73.1 Å². The molecule has 2 nitrogen and oxygen atoms in total. The second-order valence-electron chi connectivity index (χ2n) is 1.84. The molecule has 0 heterocycles.